The summed E-state index contributed by atoms with van der Waals surface area (Å²) >= 11 is 0. The van der Waals surface area contributed by atoms with E-state index in [0.29, 0.717) is 19.5 Å². The fraction of sp³-hybridized carbons (Fsp3) is 0.909. The van der Waals surface area contributed by atoms with Crippen LogP contribution < -0.4 is 5.32 Å². The minimum absolute atomic E-state index is 0.0328. The monoisotopic (exact) mass is 262 g/mol. The summed E-state index contributed by atoms with van der Waals surface area (Å²) in [5.74, 6) is 0.332. The van der Waals surface area contributed by atoms with Crippen molar-refractivity contribution >= 4 is 15.7 Å². The second kappa shape index (κ2) is 6.35. The van der Waals surface area contributed by atoms with Gasteiger partial charge in [0.2, 0.25) is 5.91 Å². The number of nitrogens with zero attached hydrogens (tertiary/aromatic N) is 1. The SMILES string of the molecule is CCCS(=O)(=O)CCN1CCNC(CC)C1=O. The molecule has 0 spiro atoms. The van der Waals surface area contributed by atoms with Crippen molar-refractivity contribution in [1.29, 1.82) is 0 Å². The van der Waals surface area contributed by atoms with Crippen molar-refractivity contribution in [2.45, 2.75) is 32.7 Å². The Hall–Kier alpha value is -0.620. The van der Waals surface area contributed by atoms with Crippen LogP contribution in [0.5, 0.6) is 0 Å². The molecule has 6 heteroatoms. The molecule has 1 rings (SSSR count). The van der Waals surface area contributed by atoms with Gasteiger partial charge in [0.05, 0.1) is 11.8 Å². The van der Waals surface area contributed by atoms with Gasteiger partial charge in [0.25, 0.3) is 0 Å². The van der Waals surface area contributed by atoms with Crippen LogP contribution in [0, 0.1) is 0 Å². The zero-order chi connectivity index (χ0) is 12.9. The van der Waals surface area contributed by atoms with Crippen LogP contribution in [0.15, 0.2) is 0 Å². The van der Waals surface area contributed by atoms with E-state index in [1.165, 1.54) is 0 Å². The van der Waals surface area contributed by atoms with Gasteiger partial charge in [0.15, 0.2) is 9.84 Å². The molecule has 0 aromatic rings. The van der Waals surface area contributed by atoms with E-state index in [1.54, 1.807) is 4.90 Å². The molecule has 0 aromatic heterocycles. The number of carbonyl (C=O) groups excluding carboxylic acids is 1. The molecule has 5 nitrogen and oxygen atoms in total. The predicted octanol–water partition coefficient (Wildman–Crippen LogP) is 0.0216. The maximum Gasteiger partial charge on any atom is 0.239 e. The molecule has 0 radical (unpaired) electrons. The van der Waals surface area contributed by atoms with Crippen LogP contribution in [-0.4, -0.2) is 56.4 Å². The van der Waals surface area contributed by atoms with Crippen LogP contribution in [0.1, 0.15) is 26.7 Å². The highest BCUT2D eigenvalue weighted by molar-refractivity contribution is 7.91. The molecule has 1 fully saturated rings. The average molecular weight is 262 g/mol. The first-order valence-corrected chi connectivity index (χ1v) is 8.05. The standard InChI is InChI=1S/C11H22N2O3S/c1-3-8-17(15,16)9-7-13-6-5-12-10(4-2)11(13)14/h10,12H,3-9H2,1-2H3. The Bertz CT molecular complexity index is 354. The molecule has 0 aliphatic carbocycles. The molecule has 1 N–H and O–H groups in total. The summed E-state index contributed by atoms with van der Waals surface area (Å²) in [6.07, 6.45) is 1.38. The van der Waals surface area contributed by atoms with Gasteiger partial charge in [0, 0.05) is 25.4 Å². The van der Waals surface area contributed by atoms with E-state index in [1.807, 2.05) is 13.8 Å². The number of amides is 1. The average Bonchev–Trinajstić information content (AvgIpc) is 2.28. The number of sulfone groups is 1. The molecule has 1 unspecified atom stereocenters. The molecule has 0 aromatic carbocycles. The Kier molecular flexibility index (Phi) is 5.39. The number of carbonyl (C=O) groups is 1. The fourth-order valence-corrected chi connectivity index (χ4v) is 3.32. The predicted molar refractivity (Wildman–Crippen MR) is 67.6 cm³/mol. The van der Waals surface area contributed by atoms with E-state index >= 15 is 0 Å². The first kappa shape index (κ1) is 14.4. The van der Waals surface area contributed by atoms with Gasteiger partial charge >= 0.3 is 0 Å². The Labute approximate surface area is 103 Å². The summed E-state index contributed by atoms with van der Waals surface area (Å²) in [5.41, 5.74) is 0. The summed E-state index contributed by atoms with van der Waals surface area (Å²) in [4.78, 5) is 13.6. The van der Waals surface area contributed by atoms with Gasteiger partial charge in [-0.2, -0.15) is 0 Å². The lowest BCUT2D eigenvalue weighted by Gasteiger charge is -2.32. The van der Waals surface area contributed by atoms with Crippen LogP contribution in [0.4, 0.5) is 0 Å². The van der Waals surface area contributed by atoms with E-state index in [4.69, 9.17) is 0 Å². The van der Waals surface area contributed by atoms with Crippen LogP contribution >= 0.6 is 0 Å². The van der Waals surface area contributed by atoms with Crippen molar-refractivity contribution < 1.29 is 13.2 Å². The zero-order valence-corrected chi connectivity index (χ0v) is 11.4. The van der Waals surface area contributed by atoms with Crippen molar-refractivity contribution in [3.63, 3.8) is 0 Å². The Morgan fingerprint density at radius 1 is 1.35 bits per heavy atom. The van der Waals surface area contributed by atoms with Gasteiger partial charge in [-0.1, -0.05) is 13.8 Å². The Morgan fingerprint density at radius 2 is 2.06 bits per heavy atom. The molecular weight excluding hydrogens is 240 g/mol. The molecule has 1 heterocycles. The van der Waals surface area contributed by atoms with Gasteiger partial charge in [-0.05, 0) is 12.8 Å². The van der Waals surface area contributed by atoms with Crippen molar-refractivity contribution in [2.75, 3.05) is 31.1 Å². The largest absolute Gasteiger partial charge is 0.339 e. The van der Waals surface area contributed by atoms with E-state index in [-0.39, 0.29) is 23.5 Å². The number of piperazine rings is 1. The van der Waals surface area contributed by atoms with Crippen molar-refractivity contribution in [3.05, 3.63) is 0 Å². The molecule has 1 saturated heterocycles. The van der Waals surface area contributed by atoms with Gasteiger partial charge in [-0.25, -0.2) is 8.42 Å². The van der Waals surface area contributed by atoms with Crippen molar-refractivity contribution in [2.24, 2.45) is 0 Å². The molecule has 1 aliphatic rings. The van der Waals surface area contributed by atoms with E-state index < -0.39 is 9.84 Å². The quantitative estimate of drug-likeness (QED) is 0.733. The lowest BCUT2D eigenvalue weighted by Crippen LogP contribution is -2.55. The maximum atomic E-state index is 11.9. The number of hydrogen-bond acceptors (Lipinski definition) is 4. The number of rotatable bonds is 6. The lowest BCUT2D eigenvalue weighted by molar-refractivity contribution is -0.135. The minimum Gasteiger partial charge on any atom is -0.339 e. The highest BCUT2D eigenvalue weighted by atomic mass is 32.2. The third-order valence-electron chi connectivity index (χ3n) is 2.98. The second-order valence-electron chi connectivity index (χ2n) is 4.39. The van der Waals surface area contributed by atoms with E-state index in [0.717, 1.165) is 13.0 Å². The summed E-state index contributed by atoms with van der Waals surface area (Å²) in [5, 5.41) is 3.13. The summed E-state index contributed by atoms with van der Waals surface area (Å²) < 4.78 is 23.2. The van der Waals surface area contributed by atoms with Crippen LogP contribution in [0.3, 0.4) is 0 Å². The molecule has 1 atom stereocenters. The normalized spacial score (nSPS) is 21.9. The Morgan fingerprint density at radius 3 is 2.65 bits per heavy atom. The van der Waals surface area contributed by atoms with E-state index in [2.05, 4.69) is 5.32 Å². The second-order valence-corrected chi connectivity index (χ2v) is 6.70. The Balaban J connectivity index is 2.49. The third-order valence-corrected chi connectivity index (χ3v) is 4.81. The molecule has 100 valence electrons. The molecule has 0 saturated carbocycles. The lowest BCUT2D eigenvalue weighted by atomic mass is 10.1. The van der Waals surface area contributed by atoms with Gasteiger partial charge in [0.1, 0.15) is 0 Å². The van der Waals surface area contributed by atoms with Crippen LogP contribution in [0.25, 0.3) is 0 Å². The molecular formula is C11H22N2O3S. The smallest absolute Gasteiger partial charge is 0.239 e. The van der Waals surface area contributed by atoms with Crippen LogP contribution in [0.2, 0.25) is 0 Å². The topological polar surface area (TPSA) is 66.5 Å². The highest BCUT2D eigenvalue weighted by Crippen LogP contribution is 2.05. The first-order valence-electron chi connectivity index (χ1n) is 6.22. The summed E-state index contributed by atoms with van der Waals surface area (Å²) in [7, 11) is -2.99. The summed E-state index contributed by atoms with van der Waals surface area (Å²) in [6, 6.07) is -0.141. The number of hydrogen-bond donors (Lipinski definition) is 1. The third kappa shape index (κ3) is 4.27. The zero-order valence-electron chi connectivity index (χ0n) is 10.6. The summed E-state index contributed by atoms with van der Waals surface area (Å²) in [6.45, 7) is 5.49. The van der Waals surface area contributed by atoms with Crippen LogP contribution in [-0.2, 0) is 14.6 Å². The maximum absolute atomic E-state index is 11.9. The van der Waals surface area contributed by atoms with Crippen molar-refractivity contribution in [3.8, 4) is 0 Å². The molecule has 17 heavy (non-hydrogen) atoms. The number of nitrogens with one attached hydrogen (secondary N) is 1. The molecule has 1 aliphatic heterocycles. The van der Waals surface area contributed by atoms with Gasteiger partial charge < -0.3 is 10.2 Å². The fourth-order valence-electron chi connectivity index (χ4n) is 1.99. The first-order chi connectivity index (χ1) is 8.00. The van der Waals surface area contributed by atoms with Gasteiger partial charge in [-0.15, -0.1) is 0 Å². The minimum atomic E-state index is -2.99. The van der Waals surface area contributed by atoms with Gasteiger partial charge in [-0.3, -0.25) is 4.79 Å². The molecule has 1 amide bonds. The molecule has 0 bridgehead atoms. The van der Waals surface area contributed by atoms with E-state index in [9.17, 15) is 13.2 Å². The van der Waals surface area contributed by atoms with Crippen molar-refractivity contribution in [1.82, 2.24) is 10.2 Å². The highest BCUT2D eigenvalue weighted by Gasteiger charge is 2.27.